The van der Waals surface area contributed by atoms with E-state index in [1.165, 1.54) is 39.9 Å². The number of aromatic nitrogens is 1. The quantitative estimate of drug-likeness (QED) is 0.710. The van der Waals surface area contributed by atoms with Crippen LogP contribution >= 0.6 is 22.9 Å². The molecular weight excluding hydrogens is 424 g/mol. The summed E-state index contributed by atoms with van der Waals surface area (Å²) < 4.78 is 26.9. The lowest BCUT2D eigenvalue weighted by Gasteiger charge is -2.31. The summed E-state index contributed by atoms with van der Waals surface area (Å²) in [5.41, 5.74) is 0. The SMILES string of the molecule is O=C(CNC(=O)[C@H]1CCCN(S(=O)(=O)c2ccc(Cl)cc2)C1)Nc1nccs1. The molecule has 0 spiro atoms. The van der Waals surface area contributed by atoms with Gasteiger partial charge in [0.1, 0.15) is 0 Å². The van der Waals surface area contributed by atoms with E-state index < -0.39 is 15.9 Å². The molecule has 1 aliphatic rings. The maximum atomic E-state index is 12.8. The van der Waals surface area contributed by atoms with Crippen LogP contribution in [0.3, 0.4) is 0 Å². The molecule has 1 saturated heterocycles. The number of benzene rings is 1. The molecule has 0 saturated carbocycles. The smallest absolute Gasteiger partial charge is 0.245 e. The summed E-state index contributed by atoms with van der Waals surface area (Å²) in [6.45, 7) is 0.225. The molecule has 1 aromatic carbocycles. The minimum atomic E-state index is -3.70. The van der Waals surface area contributed by atoms with Gasteiger partial charge in [-0.05, 0) is 37.1 Å². The van der Waals surface area contributed by atoms with Crippen LogP contribution in [0.15, 0.2) is 40.7 Å². The second kappa shape index (κ2) is 8.99. The molecule has 2 N–H and O–H groups in total. The third-order valence-corrected chi connectivity index (χ3v) is 7.13. The molecule has 2 aromatic rings. The zero-order valence-electron chi connectivity index (χ0n) is 14.8. The highest BCUT2D eigenvalue weighted by molar-refractivity contribution is 7.89. The number of anilines is 1. The van der Waals surface area contributed by atoms with Crippen LogP contribution in [0, 0.1) is 5.92 Å². The maximum Gasteiger partial charge on any atom is 0.245 e. The summed E-state index contributed by atoms with van der Waals surface area (Å²) in [6.07, 6.45) is 2.69. The van der Waals surface area contributed by atoms with Gasteiger partial charge in [0.25, 0.3) is 0 Å². The van der Waals surface area contributed by atoms with Gasteiger partial charge in [-0.2, -0.15) is 4.31 Å². The number of rotatable bonds is 6. The van der Waals surface area contributed by atoms with Crippen LogP contribution in [-0.2, 0) is 19.6 Å². The van der Waals surface area contributed by atoms with Gasteiger partial charge in [-0.1, -0.05) is 11.6 Å². The average molecular weight is 443 g/mol. The molecule has 2 heterocycles. The van der Waals surface area contributed by atoms with Crippen molar-refractivity contribution in [1.29, 1.82) is 0 Å². The summed E-state index contributed by atoms with van der Waals surface area (Å²) >= 11 is 7.10. The van der Waals surface area contributed by atoms with E-state index in [4.69, 9.17) is 11.6 Å². The van der Waals surface area contributed by atoms with E-state index in [9.17, 15) is 18.0 Å². The summed E-state index contributed by atoms with van der Waals surface area (Å²) in [4.78, 5) is 28.3. The first-order valence-electron chi connectivity index (χ1n) is 8.59. The highest BCUT2D eigenvalue weighted by Gasteiger charge is 2.33. The van der Waals surface area contributed by atoms with E-state index in [2.05, 4.69) is 15.6 Å². The van der Waals surface area contributed by atoms with Crippen LogP contribution in [0.5, 0.6) is 0 Å². The number of nitrogens with one attached hydrogen (secondary N) is 2. The molecule has 8 nitrogen and oxygen atoms in total. The van der Waals surface area contributed by atoms with E-state index in [-0.39, 0.29) is 29.8 Å². The van der Waals surface area contributed by atoms with Gasteiger partial charge in [-0.25, -0.2) is 13.4 Å². The number of piperidine rings is 1. The van der Waals surface area contributed by atoms with Gasteiger partial charge in [0.05, 0.1) is 17.4 Å². The molecular formula is C17H19ClN4O4S2. The van der Waals surface area contributed by atoms with Crippen molar-refractivity contribution in [3.05, 3.63) is 40.9 Å². The molecule has 1 fully saturated rings. The van der Waals surface area contributed by atoms with Crippen LogP contribution in [-0.4, -0.2) is 49.2 Å². The molecule has 150 valence electrons. The van der Waals surface area contributed by atoms with Crippen LogP contribution in [0.25, 0.3) is 0 Å². The monoisotopic (exact) mass is 442 g/mol. The highest BCUT2D eigenvalue weighted by Crippen LogP contribution is 2.24. The second-order valence-electron chi connectivity index (χ2n) is 6.26. The molecule has 0 aliphatic carbocycles. The lowest BCUT2D eigenvalue weighted by Crippen LogP contribution is -2.46. The highest BCUT2D eigenvalue weighted by atomic mass is 35.5. The van der Waals surface area contributed by atoms with Gasteiger partial charge in [-0.3, -0.25) is 9.59 Å². The van der Waals surface area contributed by atoms with Gasteiger partial charge in [0.2, 0.25) is 21.8 Å². The fraction of sp³-hybridized carbons (Fsp3) is 0.353. The molecule has 28 heavy (non-hydrogen) atoms. The number of sulfonamides is 1. The Bertz CT molecular complexity index is 933. The number of carbonyl (C=O) groups excluding carboxylic acids is 2. The topological polar surface area (TPSA) is 108 Å². The minimum absolute atomic E-state index is 0.0743. The Kier molecular flexibility index (Phi) is 6.65. The standard InChI is InChI=1S/C17H19ClN4O4S2/c18-13-3-5-14(6-4-13)28(25,26)22-8-1-2-12(11-22)16(24)20-10-15(23)21-17-19-7-9-27-17/h3-7,9,12H,1-2,8,10-11H2,(H,20,24)(H,19,21,23)/t12-/m0/s1. The van der Waals surface area contributed by atoms with Crippen molar-refractivity contribution in [3.8, 4) is 0 Å². The third kappa shape index (κ3) is 5.07. The first-order chi connectivity index (χ1) is 13.4. The number of hydrogen-bond donors (Lipinski definition) is 2. The number of nitrogens with zero attached hydrogens (tertiary/aromatic N) is 2. The van der Waals surface area contributed by atoms with Crippen LogP contribution in [0.1, 0.15) is 12.8 Å². The zero-order valence-corrected chi connectivity index (χ0v) is 17.2. The van der Waals surface area contributed by atoms with Crippen LogP contribution < -0.4 is 10.6 Å². The van der Waals surface area contributed by atoms with E-state index in [0.29, 0.717) is 29.5 Å². The molecule has 2 amide bonds. The fourth-order valence-electron chi connectivity index (χ4n) is 2.89. The van der Waals surface area contributed by atoms with Gasteiger partial charge < -0.3 is 10.6 Å². The first-order valence-corrected chi connectivity index (χ1v) is 11.3. The molecule has 0 radical (unpaired) electrons. The molecule has 1 aliphatic heterocycles. The number of carbonyl (C=O) groups is 2. The van der Waals surface area contributed by atoms with E-state index >= 15 is 0 Å². The summed E-state index contributed by atoms with van der Waals surface area (Å²) in [5, 5.41) is 7.78. The number of hydrogen-bond acceptors (Lipinski definition) is 6. The van der Waals surface area contributed by atoms with E-state index in [0.717, 1.165) is 0 Å². The molecule has 0 bridgehead atoms. The maximum absolute atomic E-state index is 12.8. The second-order valence-corrected chi connectivity index (χ2v) is 9.53. The van der Waals surface area contributed by atoms with Gasteiger partial charge in [-0.15, -0.1) is 11.3 Å². The lowest BCUT2D eigenvalue weighted by atomic mass is 9.99. The van der Waals surface area contributed by atoms with Gasteiger partial charge in [0.15, 0.2) is 5.13 Å². The van der Waals surface area contributed by atoms with Crippen LogP contribution in [0.2, 0.25) is 5.02 Å². The van der Waals surface area contributed by atoms with Crippen molar-refractivity contribution >= 4 is 49.9 Å². The summed E-state index contributed by atoms with van der Waals surface area (Å²) in [5.74, 6) is -1.24. The average Bonchev–Trinajstić information content (AvgIpc) is 3.19. The Balaban J connectivity index is 1.57. The van der Waals surface area contributed by atoms with Crippen molar-refractivity contribution in [3.63, 3.8) is 0 Å². The van der Waals surface area contributed by atoms with Crippen molar-refractivity contribution < 1.29 is 18.0 Å². The largest absolute Gasteiger partial charge is 0.347 e. The van der Waals surface area contributed by atoms with Crippen molar-refractivity contribution in [1.82, 2.24) is 14.6 Å². The number of thiazole rings is 1. The van der Waals surface area contributed by atoms with E-state index in [1.54, 1.807) is 11.6 Å². The Hall–Kier alpha value is -2.01. The molecule has 11 heteroatoms. The predicted octanol–water partition coefficient (Wildman–Crippen LogP) is 1.95. The summed E-state index contributed by atoms with van der Waals surface area (Å²) in [6, 6.07) is 5.93. The minimum Gasteiger partial charge on any atom is -0.347 e. The zero-order chi connectivity index (χ0) is 20.1. The fourth-order valence-corrected chi connectivity index (χ4v) is 5.09. The Morgan fingerprint density at radius 1 is 1.29 bits per heavy atom. The first kappa shape index (κ1) is 20.7. The van der Waals surface area contributed by atoms with Crippen LogP contribution in [0.4, 0.5) is 5.13 Å². The lowest BCUT2D eigenvalue weighted by molar-refractivity contribution is -0.128. The number of amides is 2. The molecule has 0 unspecified atom stereocenters. The van der Waals surface area contributed by atoms with Crippen molar-refractivity contribution in [2.75, 3.05) is 25.0 Å². The summed E-state index contributed by atoms with van der Waals surface area (Å²) in [7, 11) is -3.70. The Labute approximate surface area is 172 Å². The molecule has 1 atom stereocenters. The van der Waals surface area contributed by atoms with Gasteiger partial charge in [0, 0.05) is 29.7 Å². The molecule has 3 rings (SSSR count). The molecule has 1 aromatic heterocycles. The number of halogens is 1. The van der Waals surface area contributed by atoms with Crippen molar-refractivity contribution in [2.24, 2.45) is 5.92 Å². The Morgan fingerprint density at radius 3 is 2.71 bits per heavy atom. The Morgan fingerprint density at radius 2 is 2.04 bits per heavy atom. The predicted molar refractivity (Wildman–Crippen MR) is 107 cm³/mol. The normalized spacial score (nSPS) is 17.8. The van der Waals surface area contributed by atoms with Gasteiger partial charge >= 0.3 is 0 Å². The third-order valence-electron chi connectivity index (χ3n) is 4.31. The van der Waals surface area contributed by atoms with E-state index in [1.807, 2.05) is 0 Å². The van der Waals surface area contributed by atoms with Crippen molar-refractivity contribution in [2.45, 2.75) is 17.7 Å².